The number of thioether (sulfide) groups is 1. The summed E-state index contributed by atoms with van der Waals surface area (Å²) in [6.07, 6.45) is 0.677. The molecule has 0 aromatic heterocycles. The maximum absolute atomic E-state index is 6.19. The molecule has 2 rings (SSSR count). The van der Waals surface area contributed by atoms with E-state index in [2.05, 4.69) is 22.0 Å². The second kappa shape index (κ2) is 7.71. The van der Waals surface area contributed by atoms with Crippen molar-refractivity contribution in [2.24, 2.45) is 5.73 Å². The molecule has 2 N–H and O–H groups in total. The molecule has 20 heavy (non-hydrogen) atoms. The molecule has 2 aromatic carbocycles. The molecular weight excluding hydrogens is 377 g/mol. The average molecular weight is 391 g/mol. The number of benzene rings is 2. The largest absolute Gasteiger partial charge is 0.327 e. The normalized spacial score (nSPS) is 12.4. The van der Waals surface area contributed by atoms with Crippen LogP contribution in [-0.4, -0.2) is 11.8 Å². The molecule has 0 heterocycles. The van der Waals surface area contributed by atoms with Crippen molar-refractivity contribution in [2.45, 2.75) is 17.4 Å². The predicted octanol–water partition coefficient (Wildman–Crippen LogP) is 5.42. The van der Waals surface area contributed by atoms with Crippen LogP contribution in [0.2, 0.25) is 10.0 Å². The zero-order valence-electron chi connectivity index (χ0n) is 10.7. The van der Waals surface area contributed by atoms with Crippen LogP contribution < -0.4 is 5.73 Å². The van der Waals surface area contributed by atoms with Crippen LogP contribution in [0.15, 0.2) is 51.8 Å². The molecule has 2 aromatic rings. The fourth-order valence-corrected chi connectivity index (χ4v) is 3.88. The van der Waals surface area contributed by atoms with Crippen LogP contribution in [0.5, 0.6) is 0 Å². The van der Waals surface area contributed by atoms with E-state index in [-0.39, 0.29) is 6.04 Å². The first-order valence-electron chi connectivity index (χ1n) is 6.13. The third-order valence-corrected chi connectivity index (χ3v) is 5.74. The van der Waals surface area contributed by atoms with E-state index in [0.29, 0.717) is 16.5 Å². The van der Waals surface area contributed by atoms with Crippen molar-refractivity contribution >= 4 is 50.9 Å². The molecule has 0 spiro atoms. The van der Waals surface area contributed by atoms with Crippen molar-refractivity contribution in [1.82, 2.24) is 0 Å². The van der Waals surface area contributed by atoms with E-state index in [4.69, 9.17) is 28.9 Å². The topological polar surface area (TPSA) is 26.0 Å². The minimum Gasteiger partial charge on any atom is -0.327 e. The Bertz CT molecular complexity index is 572. The third-order valence-electron chi connectivity index (χ3n) is 2.82. The van der Waals surface area contributed by atoms with Crippen molar-refractivity contribution in [3.05, 3.63) is 62.5 Å². The summed E-state index contributed by atoms with van der Waals surface area (Å²) >= 11 is 17.6. The highest BCUT2D eigenvalue weighted by Crippen LogP contribution is 2.29. The number of nitrogens with two attached hydrogens (primary N) is 1. The summed E-state index contributed by atoms with van der Waals surface area (Å²) in [7, 11) is 0. The smallest absolute Gasteiger partial charge is 0.0453 e. The van der Waals surface area contributed by atoms with Gasteiger partial charge in [-0.1, -0.05) is 41.4 Å². The van der Waals surface area contributed by atoms with Gasteiger partial charge < -0.3 is 5.73 Å². The van der Waals surface area contributed by atoms with Crippen LogP contribution in [0.3, 0.4) is 0 Å². The SMILES string of the molecule is NC(CSc1ccccc1Br)Cc1c(Cl)cccc1Cl. The summed E-state index contributed by atoms with van der Waals surface area (Å²) < 4.78 is 1.09. The predicted molar refractivity (Wildman–Crippen MR) is 93.0 cm³/mol. The van der Waals surface area contributed by atoms with E-state index >= 15 is 0 Å². The Morgan fingerprint density at radius 1 is 1.05 bits per heavy atom. The maximum Gasteiger partial charge on any atom is 0.0453 e. The van der Waals surface area contributed by atoms with Crippen LogP contribution in [0.4, 0.5) is 0 Å². The molecule has 0 radical (unpaired) electrons. The van der Waals surface area contributed by atoms with Crippen LogP contribution >= 0.6 is 50.9 Å². The van der Waals surface area contributed by atoms with Crippen molar-refractivity contribution < 1.29 is 0 Å². The number of hydrogen-bond donors (Lipinski definition) is 1. The van der Waals surface area contributed by atoms with Crippen LogP contribution in [0.1, 0.15) is 5.56 Å². The Labute approximate surface area is 142 Å². The molecular formula is C15H14BrCl2NS. The number of rotatable bonds is 5. The van der Waals surface area contributed by atoms with Crippen molar-refractivity contribution in [2.75, 3.05) is 5.75 Å². The molecule has 0 aliphatic carbocycles. The van der Waals surface area contributed by atoms with Crippen molar-refractivity contribution in [3.63, 3.8) is 0 Å². The molecule has 1 nitrogen and oxygen atoms in total. The molecule has 0 saturated carbocycles. The second-order valence-corrected chi connectivity index (χ2v) is 7.14. The average Bonchev–Trinajstić information content (AvgIpc) is 2.42. The Kier molecular flexibility index (Phi) is 6.24. The highest BCUT2D eigenvalue weighted by Gasteiger charge is 2.11. The molecule has 0 fully saturated rings. The van der Waals surface area contributed by atoms with Gasteiger partial charge in [-0.25, -0.2) is 0 Å². The molecule has 0 aliphatic rings. The summed E-state index contributed by atoms with van der Waals surface area (Å²) in [6.45, 7) is 0. The van der Waals surface area contributed by atoms with Gasteiger partial charge in [0.15, 0.2) is 0 Å². The highest BCUT2D eigenvalue weighted by molar-refractivity contribution is 9.10. The minimum atomic E-state index is 0.00417. The lowest BCUT2D eigenvalue weighted by Crippen LogP contribution is -2.25. The molecule has 106 valence electrons. The fraction of sp³-hybridized carbons (Fsp3) is 0.200. The zero-order chi connectivity index (χ0) is 14.5. The maximum atomic E-state index is 6.19. The Balaban J connectivity index is 1.96. The first kappa shape index (κ1) is 16.2. The Morgan fingerprint density at radius 2 is 1.70 bits per heavy atom. The molecule has 5 heteroatoms. The van der Waals surface area contributed by atoms with E-state index in [0.717, 1.165) is 15.8 Å². The van der Waals surface area contributed by atoms with E-state index in [1.807, 2.05) is 36.4 Å². The summed E-state index contributed by atoms with van der Waals surface area (Å²) in [4.78, 5) is 1.19. The third kappa shape index (κ3) is 4.40. The van der Waals surface area contributed by atoms with Gasteiger partial charge in [0.05, 0.1) is 0 Å². The molecule has 0 saturated heterocycles. The van der Waals surface area contributed by atoms with Gasteiger partial charge in [0.2, 0.25) is 0 Å². The Hall–Kier alpha value is -0.190. The summed E-state index contributed by atoms with van der Waals surface area (Å²) in [5.74, 6) is 0.810. The highest BCUT2D eigenvalue weighted by atomic mass is 79.9. The first-order chi connectivity index (χ1) is 9.58. The second-order valence-electron chi connectivity index (χ2n) is 4.41. The summed E-state index contributed by atoms with van der Waals surface area (Å²) in [5.41, 5.74) is 7.11. The first-order valence-corrected chi connectivity index (χ1v) is 8.67. The van der Waals surface area contributed by atoms with Gasteiger partial charge >= 0.3 is 0 Å². The lowest BCUT2D eigenvalue weighted by atomic mass is 10.1. The van der Waals surface area contributed by atoms with E-state index < -0.39 is 0 Å². The molecule has 0 aliphatic heterocycles. The number of hydrogen-bond acceptors (Lipinski definition) is 2. The number of halogens is 3. The van der Waals surface area contributed by atoms with Gasteiger partial charge in [0.25, 0.3) is 0 Å². The van der Waals surface area contributed by atoms with E-state index in [9.17, 15) is 0 Å². The Morgan fingerprint density at radius 3 is 2.35 bits per heavy atom. The van der Waals surface area contributed by atoms with Crippen molar-refractivity contribution in [1.29, 1.82) is 0 Å². The summed E-state index contributed by atoms with van der Waals surface area (Å²) in [6, 6.07) is 13.6. The van der Waals surface area contributed by atoms with Gasteiger partial charge in [-0.3, -0.25) is 0 Å². The van der Waals surface area contributed by atoms with Gasteiger partial charge in [0, 0.05) is 31.2 Å². The van der Waals surface area contributed by atoms with Crippen LogP contribution in [-0.2, 0) is 6.42 Å². The molecule has 1 atom stereocenters. The van der Waals surface area contributed by atoms with Gasteiger partial charge in [0.1, 0.15) is 0 Å². The monoisotopic (exact) mass is 389 g/mol. The van der Waals surface area contributed by atoms with Gasteiger partial charge in [-0.15, -0.1) is 11.8 Å². The van der Waals surface area contributed by atoms with Crippen molar-refractivity contribution in [3.8, 4) is 0 Å². The van der Waals surface area contributed by atoms with E-state index in [1.165, 1.54) is 4.90 Å². The van der Waals surface area contributed by atoms with E-state index in [1.54, 1.807) is 11.8 Å². The van der Waals surface area contributed by atoms with Crippen LogP contribution in [0.25, 0.3) is 0 Å². The fourth-order valence-electron chi connectivity index (χ4n) is 1.81. The lowest BCUT2D eigenvalue weighted by Gasteiger charge is -2.14. The molecule has 0 amide bonds. The van der Waals surface area contributed by atoms with Gasteiger partial charge in [-0.2, -0.15) is 0 Å². The minimum absolute atomic E-state index is 0.00417. The van der Waals surface area contributed by atoms with Gasteiger partial charge in [-0.05, 0) is 52.2 Å². The standard InChI is InChI=1S/C15H14BrCl2NS/c16-12-4-1-2-7-15(12)20-9-10(19)8-11-13(17)5-3-6-14(11)18/h1-7,10H,8-9,19H2. The quantitative estimate of drug-likeness (QED) is 0.690. The lowest BCUT2D eigenvalue weighted by molar-refractivity contribution is 0.749. The molecule has 1 unspecified atom stereocenters. The molecule has 0 bridgehead atoms. The van der Waals surface area contributed by atoms with Crippen LogP contribution in [0, 0.1) is 0 Å². The zero-order valence-corrected chi connectivity index (χ0v) is 14.6. The summed E-state index contributed by atoms with van der Waals surface area (Å²) in [5, 5.41) is 1.36.